The summed E-state index contributed by atoms with van der Waals surface area (Å²) in [5.41, 5.74) is 0.939. The number of amides is 1. The number of nitrogens with one attached hydrogen (secondary N) is 1. The predicted molar refractivity (Wildman–Crippen MR) is 94.6 cm³/mol. The Kier molecular flexibility index (Phi) is 5.48. The van der Waals surface area contributed by atoms with Crippen molar-refractivity contribution >= 4 is 17.2 Å². The second-order valence-corrected chi connectivity index (χ2v) is 7.09. The minimum atomic E-state index is -0.0543. The highest BCUT2D eigenvalue weighted by molar-refractivity contribution is 7.14. The van der Waals surface area contributed by atoms with Crippen molar-refractivity contribution in [3.63, 3.8) is 0 Å². The third-order valence-electron chi connectivity index (χ3n) is 4.21. The molecule has 0 bridgehead atoms. The SMILES string of the molecule is Cc1cccc(=O)n1CCCNC(=O)c1ccc([C@H]2CCCO2)s1. The maximum atomic E-state index is 12.2. The van der Waals surface area contributed by atoms with Gasteiger partial charge in [0.25, 0.3) is 11.5 Å². The molecule has 5 nitrogen and oxygen atoms in total. The maximum absolute atomic E-state index is 12.2. The summed E-state index contributed by atoms with van der Waals surface area (Å²) in [6.07, 6.45) is 3.00. The van der Waals surface area contributed by atoms with E-state index < -0.39 is 0 Å². The molecule has 3 rings (SSSR count). The van der Waals surface area contributed by atoms with Gasteiger partial charge in [-0.3, -0.25) is 9.59 Å². The number of rotatable bonds is 6. The molecule has 0 aliphatic carbocycles. The second kappa shape index (κ2) is 7.77. The fourth-order valence-electron chi connectivity index (χ4n) is 2.89. The molecule has 2 aromatic heterocycles. The van der Waals surface area contributed by atoms with Gasteiger partial charge in [-0.15, -0.1) is 11.3 Å². The molecule has 0 spiro atoms. The third kappa shape index (κ3) is 3.94. The summed E-state index contributed by atoms with van der Waals surface area (Å²) >= 11 is 1.51. The Bertz CT molecular complexity index is 760. The summed E-state index contributed by atoms with van der Waals surface area (Å²) in [4.78, 5) is 25.8. The van der Waals surface area contributed by atoms with Gasteiger partial charge in [0, 0.05) is 36.3 Å². The van der Waals surface area contributed by atoms with Gasteiger partial charge in [-0.25, -0.2) is 0 Å². The fourth-order valence-corrected chi connectivity index (χ4v) is 3.89. The van der Waals surface area contributed by atoms with E-state index in [1.165, 1.54) is 11.3 Å². The van der Waals surface area contributed by atoms with Crippen LogP contribution in [0.4, 0.5) is 0 Å². The monoisotopic (exact) mass is 346 g/mol. The Hall–Kier alpha value is -1.92. The number of hydrogen-bond donors (Lipinski definition) is 1. The van der Waals surface area contributed by atoms with E-state index in [9.17, 15) is 9.59 Å². The Morgan fingerprint density at radius 3 is 3.00 bits per heavy atom. The van der Waals surface area contributed by atoms with Crippen molar-refractivity contribution in [3.05, 3.63) is 56.1 Å². The number of aryl methyl sites for hydroxylation is 1. The number of nitrogens with zero attached hydrogens (tertiary/aromatic N) is 1. The highest BCUT2D eigenvalue weighted by Gasteiger charge is 2.20. The zero-order valence-electron chi connectivity index (χ0n) is 13.8. The molecule has 0 saturated carbocycles. The van der Waals surface area contributed by atoms with Crippen LogP contribution in [0.1, 0.15) is 45.6 Å². The van der Waals surface area contributed by atoms with Crippen LogP contribution >= 0.6 is 11.3 Å². The number of pyridine rings is 1. The lowest BCUT2D eigenvalue weighted by Gasteiger charge is -2.09. The summed E-state index contributed by atoms with van der Waals surface area (Å²) in [5, 5.41) is 2.93. The fraction of sp³-hybridized carbons (Fsp3) is 0.444. The first-order valence-electron chi connectivity index (χ1n) is 8.31. The average Bonchev–Trinajstić information content (AvgIpc) is 3.24. The molecule has 1 atom stereocenters. The lowest BCUT2D eigenvalue weighted by atomic mass is 10.2. The van der Waals surface area contributed by atoms with E-state index in [1.54, 1.807) is 16.7 Å². The van der Waals surface area contributed by atoms with Crippen molar-refractivity contribution < 1.29 is 9.53 Å². The summed E-state index contributed by atoms with van der Waals surface area (Å²) in [6, 6.07) is 9.09. The molecule has 2 aromatic rings. The molecule has 128 valence electrons. The Morgan fingerprint density at radius 1 is 1.38 bits per heavy atom. The molecule has 1 fully saturated rings. The average molecular weight is 346 g/mol. The number of hydrogen-bond acceptors (Lipinski definition) is 4. The first kappa shape index (κ1) is 16.9. The van der Waals surface area contributed by atoms with Crippen molar-refractivity contribution in [2.24, 2.45) is 0 Å². The zero-order chi connectivity index (χ0) is 16.9. The van der Waals surface area contributed by atoms with Crippen LogP contribution in [0, 0.1) is 6.92 Å². The summed E-state index contributed by atoms with van der Waals surface area (Å²) < 4.78 is 7.38. The number of carbonyl (C=O) groups is 1. The van der Waals surface area contributed by atoms with E-state index in [0.717, 1.165) is 36.4 Å². The van der Waals surface area contributed by atoms with Gasteiger partial charge in [0.05, 0.1) is 11.0 Å². The summed E-state index contributed by atoms with van der Waals surface area (Å²) in [6.45, 7) is 3.88. The van der Waals surface area contributed by atoms with E-state index in [2.05, 4.69) is 5.32 Å². The molecular formula is C18H22N2O3S. The van der Waals surface area contributed by atoms with Gasteiger partial charge in [-0.1, -0.05) is 6.07 Å². The van der Waals surface area contributed by atoms with Gasteiger partial charge in [-0.2, -0.15) is 0 Å². The lowest BCUT2D eigenvalue weighted by Crippen LogP contribution is -2.27. The van der Waals surface area contributed by atoms with Crippen LogP contribution in [0.5, 0.6) is 0 Å². The Labute approximate surface area is 145 Å². The van der Waals surface area contributed by atoms with E-state index in [0.29, 0.717) is 18.0 Å². The van der Waals surface area contributed by atoms with Crippen molar-refractivity contribution in [1.29, 1.82) is 0 Å². The van der Waals surface area contributed by atoms with Gasteiger partial charge in [-0.05, 0) is 44.4 Å². The van der Waals surface area contributed by atoms with Gasteiger partial charge in [0.15, 0.2) is 0 Å². The van der Waals surface area contributed by atoms with Crippen LogP contribution in [0.15, 0.2) is 35.1 Å². The van der Waals surface area contributed by atoms with Crippen molar-refractivity contribution in [1.82, 2.24) is 9.88 Å². The largest absolute Gasteiger partial charge is 0.373 e. The van der Waals surface area contributed by atoms with E-state index in [-0.39, 0.29) is 17.6 Å². The highest BCUT2D eigenvalue weighted by Crippen LogP contribution is 2.33. The molecule has 1 saturated heterocycles. The molecule has 1 aliphatic heterocycles. The number of aromatic nitrogens is 1. The predicted octanol–water partition coefficient (Wildman–Crippen LogP) is 2.89. The summed E-state index contributed by atoms with van der Waals surface area (Å²) in [7, 11) is 0. The zero-order valence-corrected chi connectivity index (χ0v) is 14.6. The van der Waals surface area contributed by atoms with E-state index in [4.69, 9.17) is 4.74 Å². The first-order valence-corrected chi connectivity index (χ1v) is 9.13. The molecule has 6 heteroatoms. The van der Waals surface area contributed by atoms with Gasteiger partial charge in [0.1, 0.15) is 0 Å². The minimum absolute atomic E-state index is 0.000730. The van der Waals surface area contributed by atoms with Crippen molar-refractivity contribution in [3.8, 4) is 0 Å². The Morgan fingerprint density at radius 2 is 2.25 bits per heavy atom. The molecular weight excluding hydrogens is 324 g/mol. The van der Waals surface area contributed by atoms with E-state index in [1.807, 2.05) is 25.1 Å². The van der Waals surface area contributed by atoms with Crippen LogP contribution in [-0.4, -0.2) is 23.6 Å². The number of carbonyl (C=O) groups excluding carboxylic acids is 1. The van der Waals surface area contributed by atoms with Gasteiger partial charge < -0.3 is 14.6 Å². The van der Waals surface area contributed by atoms with Gasteiger partial charge in [0.2, 0.25) is 0 Å². The molecule has 0 radical (unpaired) electrons. The lowest BCUT2D eigenvalue weighted by molar-refractivity contribution is 0.0957. The topological polar surface area (TPSA) is 60.3 Å². The van der Waals surface area contributed by atoms with E-state index >= 15 is 0 Å². The smallest absolute Gasteiger partial charge is 0.261 e. The quantitative estimate of drug-likeness (QED) is 0.818. The van der Waals surface area contributed by atoms with Crippen molar-refractivity contribution in [2.45, 2.75) is 38.8 Å². The molecule has 24 heavy (non-hydrogen) atoms. The molecule has 1 aliphatic rings. The highest BCUT2D eigenvalue weighted by atomic mass is 32.1. The van der Waals surface area contributed by atoms with Crippen LogP contribution in [-0.2, 0) is 11.3 Å². The first-order chi connectivity index (χ1) is 11.6. The normalized spacial score (nSPS) is 17.1. The Balaban J connectivity index is 1.48. The molecule has 1 amide bonds. The van der Waals surface area contributed by atoms with Crippen LogP contribution in [0.25, 0.3) is 0 Å². The van der Waals surface area contributed by atoms with Crippen molar-refractivity contribution in [2.75, 3.05) is 13.2 Å². The minimum Gasteiger partial charge on any atom is -0.373 e. The number of ether oxygens (including phenoxy) is 1. The molecule has 0 aromatic carbocycles. The van der Waals surface area contributed by atoms with Crippen LogP contribution < -0.4 is 10.9 Å². The maximum Gasteiger partial charge on any atom is 0.261 e. The summed E-state index contributed by atoms with van der Waals surface area (Å²) in [5.74, 6) is -0.0543. The third-order valence-corrected chi connectivity index (χ3v) is 5.39. The standard InChI is InChI=1S/C18H22N2O3S/c1-13-5-2-7-17(21)20(13)11-4-10-19-18(22)16-9-8-15(24-16)14-6-3-12-23-14/h2,5,7-9,14H,3-4,6,10-12H2,1H3,(H,19,22)/t14-/m1/s1. The second-order valence-electron chi connectivity index (χ2n) is 5.97. The molecule has 0 unspecified atom stereocenters. The molecule has 3 heterocycles. The molecule has 1 N–H and O–H groups in total. The van der Waals surface area contributed by atoms with Crippen LogP contribution in [0.2, 0.25) is 0 Å². The van der Waals surface area contributed by atoms with Gasteiger partial charge >= 0.3 is 0 Å². The number of thiophene rings is 1. The van der Waals surface area contributed by atoms with Crippen LogP contribution in [0.3, 0.4) is 0 Å².